The van der Waals surface area contributed by atoms with Gasteiger partial charge >= 0.3 is 0 Å². The summed E-state index contributed by atoms with van der Waals surface area (Å²) in [5.41, 5.74) is 9.37. The van der Waals surface area contributed by atoms with Gasteiger partial charge in [-0.15, -0.1) is 0 Å². The zero-order valence-electron chi connectivity index (χ0n) is 22.8. The van der Waals surface area contributed by atoms with Gasteiger partial charge < -0.3 is 16.0 Å². The molecule has 0 bridgehead atoms. The largest absolute Gasteiger partial charge is 0.381 e. The molecule has 1 atom stereocenters. The molecule has 1 fully saturated rings. The predicted octanol–water partition coefficient (Wildman–Crippen LogP) is 7.89. The number of rotatable bonds is 12. The molecule has 1 unspecified atom stereocenters. The third-order valence-corrected chi connectivity index (χ3v) is 8.02. The lowest BCUT2D eigenvalue weighted by molar-refractivity contribution is 0.261. The summed E-state index contributed by atoms with van der Waals surface area (Å²) in [6.45, 7) is 15.2. The molecule has 194 valence electrons. The van der Waals surface area contributed by atoms with Gasteiger partial charge in [0.25, 0.3) is 0 Å². The molecular weight excluding hydrogens is 440 g/mol. The zero-order valence-corrected chi connectivity index (χ0v) is 22.8. The lowest BCUT2D eigenvalue weighted by atomic mass is 9.86. The maximum Gasteiger partial charge on any atom is 0.0648 e. The Hall–Kier alpha value is -2.59. The van der Waals surface area contributed by atoms with Gasteiger partial charge in [0.2, 0.25) is 0 Å². The van der Waals surface area contributed by atoms with Crippen LogP contribution in [-0.2, 0) is 6.54 Å². The van der Waals surface area contributed by atoms with Crippen LogP contribution in [0.5, 0.6) is 0 Å². The number of benzene rings is 2. The smallest absolute Gasteiger partial charge is 0.0648 e. The quantitative estimate of drug-likeness (QED) is 0.211. The molecule has 2 aromatic carbocycles. The molecule has 4 heteroatoms. The Morgan fingerprint density at radius 1 is 1.06 bits per heavy atom. The SMILES string of the molecule is C=C(CC(=N)c1cc(C)c(C2CCCC2)cc1CN(CCC)CCCC)C1CNc2ccccc2N1. The fraction of sp³-hybridized carbons (Fsp3) is 0.531. The first-order valence-corrected chi connectivity index (χ1v) is 14.2. The van der Waals surface area contributed by atoms with E-state index in [1.165, 1.54) is 55.2 Å². The molecule has 0 saturated heterocycles. The van der Waals surface area contributed by atoms with Crippen molar-refractivity contribution in [2.24, 2.45) is 0 Å². The lowest BCUT2D eigenvalue weighted by Crippen LogP contribution is -2.35. The van der Waals surface area contributed by atoms with Crippen LogP contribution < -0.4 is 10.6 Å². The van der Waals surface area contributed by atoms with E-state index in [2.05, 4.69) is 79.3 Å². The highest BCUT2D eigenvalue weighted by Gasteiger charge is 2.24. The Morgan fingerprint density at radius 3 is 2.53 bits per heavy atom. The van der Waals surface area contributed by atoms with Crippen molar-refractivity contribution in [3.63, 3.8) is 0 Å². The summed E-state index contributed by atoms with van der Waals surface area (Å²) in [4.78, 5) is 2.60. The highest BCUT2D eigenvalue weighted by atomic mass is 15.1. The maximum absolute atomic E-state index is 9.20. The van der Waals surface area contributed by atoms with E-state index in [1.54, 1.807) is 0 Å². The molecule has 4 nitrogen and oxygen atoms in total. The Morgan fingerprint density at radius 2 is 1.81 bits per heavy atom. The topological polar surface area (TPSA) is 51.2 Å². The molecule has 1 heterocycles. The molecule has 1 aliphatic carbocycles. The van der Waals surface area contributed by atoms with E-state index in [0.29, 0.717) is 18.1 Å². The monoisotopic (exact) mass is 486 g/mol. The summed E-state index contributed by atoms with van der Waals surface area (Å²) in [6.07, 6.45) is 9.52. The molecular formula is C32H46N4. The van der Waals surface area contributed by atoms with E-state index in [-0.39, 0.29) is 6.04 Å². The molecule has 4 rings (SSSR count). The van der Waals surface area contributed by atoms with Gasteiger partial charge in [0.1, 0.15) is 0 Å². The first kappa shape index (κ1) is 26.5. The van der Waals surface area contributed by atoms with Gasteiger partial charge in [-0.2, -0.15) is 0 Å². The molecule has 1 aliphatic heterocycles. The third-order valence-electron chi connectivity index (χ3n) is 8.02. The van der Waals surface area contributed by atoms with Gasteiger partial charge in [0, 0.05) is 30.8 Å². The Labute approximate surface area is 219 Å². The highest BCUT2D eigenvalue weighted by Crippen LogP contribution is 2.37. The minimum Gasteiger partial charge on any atom is -0.381 e. The number of aryl methyl sites for hydroxylation is 1. The first-order chi connectivity index (χ1) is 17.5. The minimum absolute atomic E-state index is 0.128. The van der Waals surface area contributed by atoms with Crippen LogP contribution in [0.25, 0.3) is 0 Å². The second-order valence-corrected chi connectivity index (χ2v) is 10.9. The Bertz CT molecular complexity index is 1050. The van der Waals surface area contributed by atoms with Crippen molar-refractivity contribution in [3.05, 3.63) is 70.8 Å². The number of nitrogens with zero attached hydrogens (tertiary/aromatic N) is 1. The van der Waals surface area contributed by atoms with Crippen molar-refractivity contribution in [2.75, 3.05) is 30.3 Å². The van der Waals surface area contributed by atoms with Crippen LogP contribution in [0.4, 0.5) is 11.4 Å². The van der Waals surface area contributed by atoms with Crippen LogP contribution in [0.15, 0.2) is 48.6 Å². The van der Waals surface area contributed by atoms with Gasteiger partial charge in [-0.3, -0.25) is 4.90 Å². The van der Waals surface area contributed by atoms with Crippen LogP contribution >= 0.6 is 0 Å². The molecule has 0 radical (unpaired) electrons. The van der Waals surface area contributed by atoms with Crippen LogP contribution in [-0.4, -0.2) is 36.3 Å². The van der Waals surface area contributed by atoms with Crippen LogP contribution in [0, 0.1) is 12.3 Å². The molecule has 2 aliphatic rings. The number of fused-ring (bicyclic) bond motifs is 1. The molecule has 0 aromatic heterocycles. The summed E-state index contributed by atoms with van der Waals surface area (Å²) in [5.74, 6) is 0.690. The zero-order chi connectivity index (χ0) is 25.5. The van der Waals surface area contributed by atoms with E-state index in [4.69, 9.17) is 0 Å². The van der Waals surface area contributed by atoms with Crippen molar-refractivity contribution in [3.8, 4) is 0 Å². The number of anilines is 2. The fourth-order valence-corrected chi connectivity index (χ4v) is 5.97. The molecule has 1 saturated carbocycles. The van der Waals surface area contributed by atoms with Crippen molar-refractivity contribution in [1.29, 1.82) is 5.41 Å². The van der Waals surface area contributed by atoms with Gasteiger partial charge in [-0.1, -0.05) is 57.9 Å². The van der Waals surface area contributed by atoms with E-state index in [1.807, 2.05) is 0 Å². The Balaban J connectivity index is 1.55. The highest BCUT2D eigenvalue weighted by molar-refractivity contribution is 6.01. The summed E-state index contributed by atoms with van der Waals surface area (Å²) < 4.78 is 0. The third kappa shape index (κ3) is 6.39. The van der Waals surface area contributed by atoms with Crippen molar-refractivity contribution >= 4 is 17.1 Å². The molecule has 2 aromatic rings. The van der Waals surface area contributed by atoms with E-state index < -0.39 is 0 Å². The molecule has 0 amide bonds. The standard InChI is InChI=1S/C32H46N4/c1-5-7-17-36(16-6-2)22-26-20-27(25-12-8-9-13-25)23(3)18-28(26)29(33)19-24(4)32-21-34-30-14-10-11-15-31(30)35-32/h10-11,14-15,18,20,25,32-35H,4-9,12-13,16-17,19,21-22H2,1-3H3. The summed E-state index contributed by atoms with van der Waals surface area (Å²) in [5, 5.41) is 16.4. The van der Waals surface area contributed by atoms with E-state index in [0.717, 1.165) is 55.1 Å². The fourth-order valence-electron chi connectivity index (χ4n) is 5.97. The predicted molar refractivity (Wildman–Crippen MR) is 156 cm³/mol. The second-order valence-electron chi connectivity index (χ2n) is 10.9. The Kier molecular flexibility index (Phi) is 9.25. The van der Waals surface area contributed by atoms with Gasteiger partial charge in [0.15, 0.2) is 0 Å². The second kappa shape index (κ2) is 12.6. The average molecular weight is 487 g/mol. The van der Waals surface area contributed by atoms with Crippen molar-refractivity contribution in [1.82, 2.24) is 4.90 Å². The minimum atomic E-state index is 0.128. The number of unbranched alkanes of at least 4 members (excludes halogenated alkanes) is 1. The first-order valence-electron chi connectivity index (χ1n) is 14.2. The van der Waals surface area contributed by atoms with Crippen molar-refractivity contribution in [2.45, 2.75) is 90.6 Å². The normalized spacial score (nSPS) is 17.5. The summed E-state index contributed by atoms with van der Waals surface area (Å²) >= 11 is 0. The van der Waals surface area contributed by atoms with Gasteiger partial charge in [-0.05, 0) is 92.1 Å². The van der Waals surface area contributed by atoms with Crippen LogP contribution in [0.3, 0.4) is 0 Å². The van der Waals surface area contributed by atoms with Gasteiger partial charge in [0.05, 0.1) is 17.4 Å². The van der Waals surface area contributed by atoms with E-state index >= 15 is 0 Å². The summed E-state index contributed by atoms with van der Waals surface area (Å²) in [7, 11) is 0. The molecule has 3 N–H and O–H groups in total. The maximum atomic E-state index is 9.20. The van der Waals surface area contributed by atoms with Crippen molar-refractivity contribution < 1.29 is 0 Å². The number of hydrogen-bond donors (Lipinski definition) is 3. The lowest BCUT2D eigenvalue weighted by Gasteiger charge is -2.30. The van der Waals surface area contributed by atoms with Crippen LogP contribution in [0.2, 0.25) is 0 Å². The number of para-hydroxylation sites is 2. The number of nitrogens with one attached hydrogen (secondary N) is 3. The van der Waals surface area contributed by atoms with Crippen LogP contribution in [0.1, 0.15) is 93.4 Å². The number of hydrogen-bond acceptors (Lipinski definition) is 4. The molecule has 0 spiro atoms. The average Bonchev–Trinajstić information content (AvgIpc) is 3.42. The summed E-state index contributed by atoms with van der Waals surface area (Å²) in [6, 6.07) is 13.2. The van der Waals surface area contributed by atoms with E-state index in [9.17, 15) is 5.41 Å². The molecule has 36 heavy (non-hydrogen) atoms. The van der Waals surface area contributed by atoms with Gasteiger partial charge in [-0.25, -0.2) is 0 Å².